The molecular weight excluding hydrogens is 366 g/mol. The minimum absolute atomic E-state index is 0.557. The fourth-order valence-electron chi connectivity index (χ4n) is 1.74. The molecule has 1 nitrogen and oxygen atoms in total. The molecule has 0 saturated carbocycles. The lowest BCUT2D eigenvalue weighted by Crippen LogP contribution is -2.23. The highest BCUT2D eigenvalue weighted by Crippen LogP contribution is 2.25. The highest BCUT2D eigenvalue weighted by molar-refractivity contribution is 9.13. The molecule has 0 amide bonds. The van der Waals surface area contributed by atoms with Crippen LogP contribution in [0.25, 0.3) is 6.08 Å². The molecule has 1 N–H and O–H groups in total. The average molecular weight is 389 g/mol. The van der Waals surface area contributed by atoms with Crippen molar-refractivity contribution in [2.75, 3.05) is 13.1 Å². The van der Waals surface area contributed by atoms with Gasteiger partial charge in [0.2, 0.25) is 0 Å². The smallest absolute Gasteiger partial charge is 0.0323 e. The Morgan fingerprint density at radius 2 is 1.84 bits per heavy atom. The Morgan fingerprint density at radius 1 is 1.16 bits per heavy atom. The molecule has 0 aliphatic heterocycles. The summed E-state index contributed by atoms with van der Waals surface area (Å²) in [6.07, 6.45) is 2.29. The highest BCUT2D eigenvalue weighted by Gasteiger charge is 2.05. The fourth-order valence-corrected chi connectivity index (χ4v) is 2.39. The maximum atomic E-state index is 3.55. The second-order valence-corrected chi connectivity index (χ2v) is 7.28. The van der Waals surface area contributed by atoms with Gasteiger partial charge < -0.3 is 5.32 Å². The quantitative estimate of drug-likeness (QED) is 0.678. The molecule has 0 fully saturated rings. The van der Waals surface area contributed by atoms with Gasteiger partial charge in [-0.2, -0.15) is 0 Å². The molecule has 0 aromatic heterocycles. The van der Waals surface area contributed by atoms with Gasteiger partial charge in [-0.05, 0) is 67.9 Å². The Bertz CT molecular complexity index is 436. The van der Waals surface area contributed by atoms with Gasteiger partial charge in [-0.25, -0.2) is 0 Å². The van der Waals surface area contributed by atoms with Crippen LogP contribution in [0.2, 0.25) is 0 Å². The predicted octanol–water partition coefficient (Wildman–Crippen LogP) is 5.50. The van der Waals surface area contributed by atoms with Crippen LogP contribution in [0.1, 0.15) is 33.3 Å². The largest absolute Gasteiger partial charge is 0.313 e. The molecule has 0 radical (unpaired) electrons. The van der Waals surface area contributed by atoms with Crippen molar-refractivity contribution in [2.45, 2.75) is 27.7 Å². The van der Waals surface area contributed by atoms with Crippen LogP contribution in [0.15, 0.2) is 32.7 Å². The lowest BCUT2D eigenvalue weighted by atomic mass is 10.00. The van der Waals surface area contributed by atoms with Gasteiger partial charge in [0, 0.05) is 15.5 Å². The van der Waals surface area contributed by atoms with Gasteiger partial charge in [0.1, 0.15) is 0 Å². The number of hydrogen-bond acceptors (Lipinski definition) is 1. The summed E-state index contributed by atoms with van der Waals surface area (Å²) in [5.74, 6) is 1.25. The number of benzene rings is 1. The summed E-state index contributed by atoms with van der Waals surface area (Å²) in [6, 6.07) is 6.37. The van der Waals surface area contributed by atoms with Gasteiger partial charge in [0.25, 0.3) is 0 Å². The minimum atomic E-state index is 0.557. The molecule has 0 aliphatic rings. The molecule has 0 bridgehead atoms. The summed E-state index contributed by atoms with van der Waals surface area (Å²) in [6.45, 7) is 11.0. The zero-order valence-corrected chi connectivity index (χ0v) is 15.3. The summed E-state index contributed by atoms with van der Waals surface area (Å²) in [4.78, 5) is 0. The monoisotopic (exact) mass is 387 g/mol. The normalized spacial score (nSPS) is 12.5. The van der Waals surface area contributed by atoms with Gasteiger partial charge in [0.05, 0.1) is 0 Å². The first-order valence-corrected chi connectivity index (χ1v) is 8.35. The molecule has 0 unspecified atom stereocenters. The van der Waals surface area contributed by atoms with E-state index in [9.17, 15) is 0 Å². The van der Waals surface area contributed by atoms with Crippen molar-refractivity contribution in [3.8, 4) is 0 Å². The van der Waals surface area contributed by atoms with E-state index in [2.05, 4.69) is 89.1 Å². The second-order valence-electron chi connectivity index (χ2n) is 5.57. The standard InChI is InChI=1S/C16H23Br2N/c1-11(2)9-19-10-14(12(3)4)7-13-5-6-15(17)16(18)8-13/h5-8,11-12,19H,9-10H2,1-4H3/b14-7-. The van der Waals surface area contributed by atoms with E-state index < -0.39 is 0 Å². The lowest BCUT2D eigenvalue weighted by Gasteiger charge is -2.14. The van der Waals surface area contributed by atoms with Crippen molar-refractivity contribution < 1.29 is 0 Å². The van der Waals surface area contributed by atoms with E-state index in [0.717, 1.165) is 22.0 Å². The van der Waals surface area contributed by atoms with E-state index >= 15 is 0 Å². The van der Waals surface area contributed by atoms with E-state index in [1.54, 1.807) is 0 Å². The Hall–Kier alpha value is -0.120. The van der Waals surface area contributed by atoms with Crippen LogP contribution in [-0.2, 0) is 0 Å². The van der Waals surface area contributed by atoms with Crippen molar-refractivity contribution in [2.24, 2.45) is 11.8 Å². The second kappa shape index (κ2) is 8.23. The average Bonchev–Trinajstić information content (AvgIpc) is 2.32. The Morgan fingerprint density at radius 3 is 2.37 bits per heavy atom. The first kappa shape index (κ1) is 16.9. The Kier molecular flexibility index (Phi) is 7.33. The van der Waals surface area contributed by atoms with Crippen molar-refractivity contribution in [1.82, 2.24) is 5.32 Å². The van der Waals surface area contributed by atoms with E-state index in [1.165, 1.54) is 11.1 Å². The Labute approximate surface area is 134 Å². The van der Waals surface area contributed by atoms with Crippen LogP contribution < -0.4 is 5.32 Å². The van der Waals surface area contributed by atoms with Crippen molar-refractivity contribution >= 4 is 37.9 Å². The summed E-state index contributed by atoms with van der Waals surface area (Å²) in [7, 11) is 0. The topological polar surface area (TPSA) is 12.0 Å². The molecule has 19 heavy (non-hydrogen) atoms. The van der Waals surface area contributed by atoms with Crippen molar-refractivity contribution in [1.29, 1.82) is 0 Å². The summed E-state index contributed by atoms with van der Waals surface area (Å²) in [5, 5.41) is 3.52. The van der Waals surface area contributed by atoms with Gasteiger partial charge in [-0.15, -0.1) is 0 Å². The first-order valence-electron chi connectivity index (χ1n) is 6.76. The highest BCUT2D eigenvalue weighted by atomic mass is 79.9. The molecule has 106 valence electrons. The van der Waals surface area contributed by atoms with Gasteiger partial charge in [-0.3, -0.25) is 0 Å². The molecular formula is C16H23Br2N. The van der Waals surface area contributed by atoms with Crippen LogP contribution in [0.3, 0.4) is 0 Å². The van der Waals surface area contributed by atoms with E-state index in [0.29, 0.717) is 11.8 Å². The first-order chi connectivity index (χ1) is 8.90. The van der Waals surface area contributed by atoms with Crippen molar-refractivity contribution in [3.63, 3.8) is 0 Å². The molecule has 1 rings (SSSR count). The van der Waals surface area contributed by atoms with Gasteiger partial charge in [0.15, 0.2) is 0 Å². The lowest BCUT2D eigenvalue weighted by molar-refractivity contribution is 0.558. The SMILES string of the molecule is CC(C)CNC/C(=C/c1ccc(Br)c(Br)c1)C(C)C. The zero-order valence-electron chi connectivity index (χ0n) is 12.1. The fraction of sp³-hybridized carbons (Fsp3) is 0.500. The third-order valence-electron chi connectivity index (χ3n) is 2.92. The number of nitrogens with one attached hydrogen (secondary N) is 1. The van der Waals surface area contributed by atoms with Crippen LogP contribution >= 0.6 is 31.9 Å². The maximum absolute atomic E-state index is 3.55. The predicted molar refractivity (Wildman–Crippen MR) is 92.4 cm³/mol. The summed E-state index contributed by atoms with van der Waals surface area (Å²) < 4.78 is 2.19. The van der Waals surface area contributed by atoms with Gasteiger partial charge in [-0.1, -0.05) is 45.4 Å². The van der Waals surface area contributed by atoms with Crippen LogP contribution in [-0.4, -0.2) is 13.1 Å². The summed E-state index contributed by atoms with van der Waals surface area (Å²) >= 11 is 7.06. The molecule has 3 heteroatoms. The molecule has 1 aromatic rings. The van der Waals surface area contributed by atoms with Gasteiger partial charge >= 0.3 is 0 Å². The summed E-state index contributed by atoms with van der Waals surface area (Å²) in [5.41, 5.74) is 2.68. The van der Waals surface area contributed by atoms with Crippen molar-refractivity contribution in [3.05, 3.63) is 38.3 Å². The number of hydrogen-bond donors (Lipinski definition) is 1. The zero-order chi connectivity index (χ0) is 14.4. The van der Waals surface area contributed by atoms with E-state index in [1.807, 2.05) is 0 Å². The molecule has 0 heterocycles. The Balaban J connectivity index is 2.79. The molecule has 0 saturated heterocycles. The molecule has 0 aliphatic carbocycles. The maximum Gasteiger partial charge on any atom is 0.0323 e. The van der Waals surface area contributed by atoms with E-state index in [-0.39, 0.29) is 0 Å². The van der Waals surface area contributed by atoms with Crippen LogP contribution in [0.5, 0.6) is 0 Å². The molecule has 1 aromatic carbocycles. The van der Waals surface area contributed by atoms with E-state index in [4.69, 9.17) is 0 Å². The molecule has 0 spiro atoms. The van der Waals surface area contributed by atoms with Crippen LogP contribution in [0.4, 0.5) is 0 Å². The number of halogens is 2. The molecule has 0 atom stereocenters. The third kappa shape index (κ3) is 6.24. The third-order valence-corrected chi connectivity index (χ3v) is 4.80. The minimum Gasteiger partial charge on any atom is -0.313 e. The van der Waals surface area contributed by atoms with Crippen LogP contribution in [0, 0.1) is 11.8 Å². The number of rotatable bonds is 6.